The van der Waals surface area contributed by atoms with Crippen molar-refractivity contribution in [2.75, 3.05) is 18.4 Å². The van der Waals surface area contributed by atoms with Gasteiger partial charge in [0.2, 0.25) is 5.91 Å². The van der Waals surface area contributed by atoms with Crippen molar-refractivity contribution >= 4 is 22.5 Å². The standard InChI is InChI=1S/C18H22N4O2/c1-12-4-2-8-21(12)11-17(23)19-13-6-7-15-14(10-13)18(24)22-9-3-5-16(22)20-15/h6-7,10,12H,2-5,8-9,11H2,1H3,(H,19,23). The number of amides is 1. The van der Waals surface area contributed by atoms with Crippen LogP contribution in [0, 0.1) is 0 Å². The Kier molecular flexibility index (Phi) is 3.84. The van der Waals surface area contributed by atoms with Gasteiger partial charge in [-0.1, -0.05) is 0 Å². The summed E-state index contributed by atoms with van der Waals surface area (Å²) in [7, 11) is 0. The third-order valence-electron chi connectivity index (χ3n) is 5.14. The summed E-state index contributed by atoms with van der Waals surface area (Å²) in [5.74, 6) is 0.838. The minimum absolute atomic E-state index is 0.00300. The van der Waals surface area contributed by atoms with Crippen LogP contribution in [-0.2, 0) is 17.8 Å². The first kappa shape index (κ1) is 15.3. The predicted molar refractivity (Wildman–Crippen MR) is 93.2 cm³/mol. The highest BCUT2D eigenvalue weighted by atomic mass is 16.2. The summed E-state index contributed by atoms with van der Waals surface area (Å²) in [4.78, 5) is 31.6. The fourth-order valence-corrected chi connectivity index (χ4v) is 3.77. The second-order valence-electron chi connectivity index (χ2n) is 6.83. The smallest absolute Gasteiger partial charge is 0.261 e. The van der Waals surface area contributed by atoms with Gasteiger partial charge in [0.05, 0.1) is 17.4 Å². The van der Waals surface area contributed by atoms with Crippen LogP contribution >= 0.6 is 0 Å². The molecule has 1 N–H and O–H groups in total. The van der Waals surface area contributed by atoms with Crippen molar-refractivity contribution in [2.24, 2.45) is 0 Å². The van der Waals surface area contributed by atoms with Crippen molar-refractivity contribution in [1.82, 2.24) is 14.5 Å². The average Bonchev–Trinajstić information content (AvgIpc) is 3.18. The van der Waals surface area contributed by atoms with E-state index in [1.54, 1.807) is 10.6 Å². The first-order valence-corrected chi connectivity index (χ1v) is 8.69. The lowest BCUT2D eigenvalue weighted by Crippen LogP contribution is -2.35. The summed E-state index contributed by atoms with van der Waals surface area (Å²) in [5, 5.41) is 3.50. The monoisotopic (exact) mass is 326 g/mol. The van der Waals surface area contributed by atoms with E-state index in [1.807, 2.05) is 12.1 Å². The minimum atomic E-state index is -0.0303. The Hall–Kier alpha value is -2.21. The van der Waals surface area contributed by atoms with Crippen molar-refractivity contribution in [2.45, 2.75) is 45.2 Å². The highest BCUT2D eigenvalue weighted by molar-refractivity contribution is 5.94. The number of hydrogen-bond donors (Lipinski definition) is 1. The molecule has 1 aromatic carbocycles. The van der Waals surface area contributed by atoms with Gasteiger partial charge in [-0.3, -0.25) is 19.1 Å². The van der Waals surface area contributed by atoms with Gasteiger partial charge in [0, 0.05) is 24.7 Å². The van der Waals surface area contributed by atoms with Crippen LogP contribution in [0.1, 0.15) is 32.0 Å². The number of nitrogens with one attached hydrogen (secondary N) is 1. The van der Waals surface area contributed by atoms with E-state index >= 15 is 0 Å². The van der Waals surface area contributed by atoms with Gasteiger partial charge >= 0.3 is 0 Å². The summed E-state index contributed by atoms with van der Waals surface area (Å²) < 4.78 is 1.75. The molecule has 1 fully saturated rings. The Morgan fingerprint density at radius 2 is 2.21 bits per heavy atom. The van der Waals surface area contributed by atoms with E-state index in [0.29, 0.717) is 29.2 Å². The van der Waals surface area contributed by atoms with Gasteiger partial charge in [0.1, 0.15) is 5.82 Å². The topological polar surface area (TPSA) is 67.2 Å². The molecule has 0 bridgehead atoms. The average molecular weight is 326 g/mol. The number of aryl methyl sites for hydroxylation is 1. The fourth-order valence-electron chi connectivity index (χ4n) is 3.77. The molecule has 2 aliphatic heterocycles. The molecule has 1 amide bonds. The largest absolute Gasteiger partial charge is 0.325 e. The molecule has 2 aromatic rings. The molecule has 0 saturated carbocycles. The van der Waals surface area contributed by atoms with Crippen LogP contribution in [0.25, 0.3) is 10.9 Å². The van der Waals surface area contributed by atoms with Crippen molar-refractivity contribution < 1.29 is 4.79 Å². The van der Waals surface area contributed by atoms with Gasteiger partial charge in [-0.05, 0) is 50.9 Å². The van der Waals surface area contributed by atoms with Crippen molar-refractivity contribution in [1.29, 1.82) is 0 Å². The number of anilines is 1. The normalized spacial score (nSPS) is 20.5. The molecule has 0 radical (unpaired) electrons. The van der Waals surface area contributed by atoms with E-state index in [-0.39, 0.29) is 11.5 Å². The van der Waals surface area contributed by atoms with Crippen molar-refractivity contribution in [3.63, 3.8) is 0 Å². The Labute approximate surface area is 140 Å². The zero-order valence-electron chi connectivity index (χ0n) is 13.9. The third kappa shape index (κ3) is 2.71. The van der Waals surface area contributed by atoms with Crippen LogP contribution in [0.2, 0.25) is 0 Å². The maximum Gasteiger partial charge on any atom is 0.261 e. The molecule has 1 saturated heterocycles. The highest BCUT2D eigenvalue weighted by Crippen LogP contribution is 2.19. The van der Waals surface area contributed by atoms with Crippen molar-refractivity contribution in [3.8, 4) is 0 Å². The van der Waals surface area contributed by atoms with Gasteiger partial charge < -0.3 is 5.32 Å². The van der Waals surface area contributed by atoms with Gasteiger partial charge in [-0.2, -0.15) is 0 Å². The molecule has 6 heteroatoms. The molecule has 3 heterocycles. The SMILES string of the molecule is CC1CCCN1CC(=O)Nc1ccc2nc3n(c(=O)c2c1)CCC3. The van der Waals surface area contributed by atoms with Gasteiger partial charge in [0.15, 0.2) is 0 Å². The third-order valence-corrected chi connectivity index (χ3v) is 5.14. The molecule has 6 nitrogen and oxygen atoms in total. The first-order chi connectivity index (χ1) is 11.6. The quantitative estimate of drug-likeness (QED) is 0.933. The minimum Gasteiger partial charge on any atom is -0.325 e. The number of carbonyl (C=O) groups excluding carboxylic acids is 1. The molecule has 0 aliphatic carbocycles. The number of rotatable bonds is 3. The number of aromatic nitrogens is 2. The number of benzene rings is 1. The zero-order valence-corrected chi connectivity index (χ0v) is 13.9. The second kappa shape index (κ2) is 6.02. The molecule has 4 rings (SSSR count). The van der Waals surface area contributed by atoms with E-state index in [1.165, 1.54) is 0 Å². The number of nitrogens with zero attached hydrogens (tertiary/aromatic N) is 3. The second-order valence-corrected chi connectivity index (χ2v) is 6.83. The molecule has 24 heavy (non-hydrogen) atoms. The molecular weight excluding hydrogens is 304 g/mol. The lowest BCUT2D eigenvalue weighted by Gasteiger charge is -2.20. The number of carbonyl (C=O) groups is 1. The molecule has 126 valence electrons. The number of likely N-dealkylation sites (tertiary alicyclic amines) is 1. The zero-order chi connectivity index (χ0) is 16.7. The molecule has 1 unspecified atom stereocenters. The van der Waals surface area contributed by atoms with Gasteiger partial charge in [-0.15, -0.1) is 0 Å². The predicted octanol–water partition coefficient (Wildman–Crippen LogP) is 1.77. The van der Waals surface area contributed by atoms with E-state index in [0.717, 1.165) is 44.6 Å². The lowest BCUT2D eigenvalue weighted by molar-refractivity contribution is -0.117. The summed E-state index contributed by atoms with van der Waals surface area (Å²) in [6.45, 7) is 4.27. The Balaban J connectivity index is 1.56. The molecule has 1 aromatic heterocycles. The van der Waals surface area contributed by atoms with Crippen molar-refractivity contribution in [3.05, 3.63) is 34.4 Å². The van der Waals surface area contributed by atoms with E-state index in [9.17, 15) is 9.59 Å². The fraction of sp³-hybridized carbons (Fsp3) is 0.500. The molecule has 0 spiro atoms. The maximum atomic E-state index is 12.6. The van der Waals surface area contributed by atoms with E-state index in [4.69, 9.17) is 0 Å². The summed E-state index contributed by atoms with van der Waals surface area (Å²) >= 11 is 0. The summed E-state index contributed by atoms with van der Waals surface area (Å²) in [6, 6.07) is 5.86. The molecule has 2 aliphatic rings. The van der Waals surface area contributed by atoms with E-state index in [2.05, 4.69) is 22.1 Å². The van der Waals surface area contributed by atoms with Gasteiger partial charge in [-0.25, -0.2) is 4.98 Å². The first-order valence-electron chi connectivity index (χ1n) is 8.69. The summed E-state index contributed by atoms with van der Waals surface area (Å²) in [5.41, 5.74) is 1.37. The van der Waals surface area contributed by atoms with Gasteiger partial charge in [0.25, 0.3) is 5.56 Å². The lowest BCUT2D eigenvalue weighted by atomic mass is 10.2. The highest BCUT2D eigenvalue weighted by Gasteiger charge is 2.22. The number of hydrogen-bond acceptors (Lipinski definition) is 4. The van der Waals surface area contributed by atoms with Crippen LogP contribution in [0.15, 0.2) is 23.0 Å². The Morgan fingerprint density at radius 1 is 1.33 bits per heavy atom. The maximum absolute atomic E-state index is 12.6. The Morgan fingerprint density at radius 3 is 3.00 bits per heavy atom. The van der Waals surface area contributed by atoms with E-state index < -0.39 is 0 Å². The van der Waals surface area contributed by atoms with Crippen LogP contribution in [0.3, 0.4) is 0 Å². The number of fused-ring (bicyclic) bond motifs is 2. The van der Waals surface area contributed by atoms with Crippen LogP contribution < -0.4 is 10.9 Å². The van der Waals surface area contributed by atoms with Crippen LogP contribution in [0.5, 0.6) is 0 Å². The Bertz CT molecular complexity index is 858. The van der Waals surface area contributed by atoms with Crippen LogP contribution in [-0.4, -0.2) is 39.5 Å². The van der Waals surface area contributed by atoms with Crippen LogP contribution in [0.4, 0.5) is 5.69 Å². The summed E-state index contributed by atoms with van der Waals surface area (Å²) in [6.07, 6.45) is 4.13. The molecule has 1 atom stereocenters. The molecular formula is C18H22N4O2.